The smallest absolute Gasteiger partial charge is 0.264 e. The lowest BCUT2D eigenvalue weighted by Crippen LogP contribution is -2.36. The zero-order chi connectivity index (χ0) is 17.3. The van der Waals surface area contributed by atoms with Crippen molar-refractivity contribution in [2.75, 3.05) is 31.0 Å². The van der Waals surface area contributed by atoms with E-state index in [2.05, 4.69) is 5.32 Å². The van der Waals surface area contributed by atoms with Crippen molar-refractivity contribution in [3.63, 3.8) is 0 Å². The number of nitrogens with zero attached hydrogens (tertiary/aromatic N) is 1. The van der Waals surface area contributed by atoms with Crippen LogP contribution in [0, 0.1) is 0 Å². The largest absolute Gasteiger partial charge is 0.495 e. The topological polar surface area (TPSA) is 67.9 Å². The SMILES string of the molecule is COc1ccc(Cl)cc1NC(=O)c1cccc2c1OCC(=O)N2C. The van der Waals surface area contributed by atoms with Crippen LogP contribution in [0.4, 0.5) is 11.4 Å². The van der Waals surface area contributed by atoms with E-state index in [1.165, 1.54) is 12.0 Å². The van der Waals surface area contributed by atoms with Crippen LogP contribution in [-0.2, 0) is 4.79 Å². The highest BCUT2D eigenvalue weighted by atomic mass is 35.5. The Hall–Kier alpha value is -2.73. The third-order valence-electron chi connectivity index (χ3n) is 3.72. The highest BCUT2D eigenvalue weighted by Crippen LogP contribution is 2.35. The van der Waals surface area contributed by atoms with E-state index in [-0.39, 0.29) is 18.4 Å². The average Bonchev–Trinajstić information content (AvgIpc) is 2.58. The van der Waals surface area contributed by atoms with Crippen molar-refractivity contribution in [2.24, 2.45) is 0 Å². The second-order valence-electron chi connectivity index (χ2n) is 5.19. The standard InChI is InChI=1S/C17H15ClN2O4/c1-20-13-5-3-4-11(16(13)24-9-15(20)21)17(22)19-12-8-10(18)6-7-14(12)23-2/h3-8H,9H2,1-2H3,(H,19,22). The van der Waals surface area contributed by atoms with Gasteiger partial charge in [0.25, 0.3) is 11.8 Å². The van der Waals surface area contributed by atoms with Crippen LogP contribution in [0.1, 0.15) is 10.4 Å². The van der Waals surface area contributed by atoms with Gasteiger partial charge in [-0.1, -0.05) is 17.7 Å². The van der Waals surface area contributed by atoms with Crippen LogP contribution in [0.3, 0.4) is 0 Å². The maximum atomic E-state index is 12.7. The van der Waals surface area contributed by atoms with Crippen LogP contribution in [0.5, 0.6) is 11.5 Å². The predicted molar refractivity (Wildman–Crippen MR) is 91.3 cm³/mol. The molecule has 3 rings (SSSR count). The second kappa shape index (κ2) is 6.41. The number of rotatable bonds is 3. The maximum absolute atomic E-state index is 12.7. The van der Waals surface area contributed by atoms with Crippen molar-refractivity contribution in [3.8, 4) is 11.5 Å². The molecule has 0 fully saturated rings. The number of ether oxygens (including phenoxy) is 2. The molecule has 24 heavy (non-hydrogen) atoms. The Morgan fingerprint density at radius 1 is 1.33 bits per heavy atom. The Labute approximate surface area is 143 Å². The Bertz CT molecular complexity index is 822. The molecule has 2 aromatic carbocycles. The number of carbonyl (C=O) groups excluding carboxylic acids is 2. The molecular weight excluding hydrogens is 332 g/mol. The van der Waals surface area contributed by atoms with Gasteiger partial charge in [0.05, 0.1) is 24.0 Å². The fourth-order valence-electron chi connectivity index (χ4n) is 2.45. The molecule has 2 amide bonds. The normalized spacial score (nSPS) is 13.1. The van der Waals surface area contributed by atoms with Gasteiger partial charge in [-0.15, -0.1) is 0 Å². The van der Waals surface area contributed by atoms with E-state index in [0.29, 0.717) is 33.5 Å². The lowest BCUT2D eigenvalue weighted by molar-refractivity contribution is -0.121. The molecule has 2 aromatic rings. The summed E-state index contributed by atoms with van der Waals surface area (Å²) >= 11 is 5.98. The Kier molecular flexibility index (Phi) is 4.31. The van der Waals surface area contributed by atoms with Crippen molar-refractivity contribution in [1.82, 2.24) is 0 Å². The van der Waals surface area contributed by atoms with E-state index >= 15 is 0 Å². The van der Waals surface area contributed by atoms with E-state index in [9.17, 15) is 9.59 Å². The molecule has 0 aliphatic carbocycles. The molecule has 0 saturated carbocycles. The molecule has 1 aliphatic heterocycles. The Morgan fingerprint density at radius 2 is 2.12 bits per heavy atom. The molecule has 0 saturated heterocycles. The summed E-state index contributed by atoms with van der Waals surface area (Å²) in [5.74, 6) is 0.315. The van der Waals surface area contributed by atoms with Crippen LogP contribution in [0.2, 0.25) is 5.02 Å². The van der Waals surface area contributed by atoms with Crippen LogP contribution in [0.25, 0.3) is 0 Å². The van der Waals surface area contributed by atoms with Crippen LogP contribution >= 0.6 is 11.6 Å². The first-order chi connectivity index (χ1) is 11.5. The fraction of sp³-hybridized carbons (Fsp3) is 0.176. The first kappa shape index (κ1) is 16.1. The molecule has 1 heterocycles. The summed E-state index contributed by atoms with van der Waals surface area (Å²) in [5, 5.41) is 3.24. The molecule has 1 N–H and O–H groups in total. The summed E-state index contributed by atoms with van der Waals surface area (Å²) in [5.41, 5.74) is 1.33. The second-order valence-corrected chi connectivity index (χ2v) is 5.63. The lowest BCUT2D eigenvalue weighted by Gasteiger charge is -2.27. The average molecular weight is 347 g/mol. The van der Waals surface area contributed by atoms with E-state index in [1.807, 2.05) is 0 Å². The summed E-state index contributed by atoms with van der Waals surface area (Å²) in [7, 11) is 3.15. The van der Waals surface area contributed by atoms with Crippen molar-refractivity contribution in [3.05, 3.63) is 47.0 Å². The number of halogens is 1. The minimum atomic E-state index is -0.379. The Balaban J connectivity index is 1.95. The highest BCUT2D eigenvalue weighted by molar-refractivity contribution is 6.31. The number of likely N-dealkylation sites (N-methyl/N-ethyl adjacent to an activating group) is 1. The molecule has 124 valence electrons. The monoisotopic (exact) mass is 346 g/mol. The summed E-state index contributed by atoms with van der Waals surface area (Å²) in [6.45, 7) is -0.103. The first-order valence-electron chi connectivity index (χ1n) is 7.18. The number of carbonyl (C=O) groups is 2. The zero-order valence-electron chi connectivity index (χ0n) is 13.1. The number of hydrogen-bond donors (Lipinski definition) is 1. The quantitative estimate of drug-likeness (QED) is 0.927. The summed E-state index contributed by atoms with van der Waals surface area (Å²) in [6.07, 6.45) is 0. The maximum Gasteiger partial charge on any atom is 0.264 e. The van der Waals surface area contributed by atoms with E-state index < -0.39 is 0 Å². The van der Waals surface area contributed by atoms with Gasteiger partial charge in [0, 0.05) is 12.1 Å². The molecule has 6 nitrogen and oxygen atoms in total. The zero-order valence-corrected chi connectivity index (χ0v) is 13.9. The van der Waals surface area contributed by atoms with Crippen LogP contribution < -0.4 is 19.7 Å². The van der Waals surface area contributed by atoms with E-state index in [4.69, 9.17) is 21.1 Å². The van der Waals surface area contributed by atoms with Gasteiger partial charge in [0.15, 0.2) is 12.4 Å². The van der Waals surface area contributed by atoms with Crippen LogP contribution in [-0.4, -0.2) is 32.6 Å². The minimum absolute atomic E-state index is 0.103. The molecular formula is C17H15ClN2O4. The van der Waals surface area contributed by atoms with Crippen molar-refractivity contribution >= 4 is 34.8 Å². The third kappa shape index (κ3) is 2.88. The van der Waals surface area contributed by atoms with Gasteiger partial charge in [-0.05, 0) is 30.3 Å². The van der Waals surface area contributed by atoms with Gasteiger partial charge in [-0.2, -0.15) is 0 Å². The molecule has 1 aliphatic rings. The Morgan fingerprint density at radius 3 is 2.88 bits per heavy atom. The number of fused-ring (bicyclic) bond motifs is 1. The summed E-state index contributed by atoms with van der Waals surface area (Å²) in [6, 6.07) is 10.00. The number of anilines is 2. The van der Waals surface area contributed by atoms with Crippen molar-refractivity contribution < 1.29 is 19.1 Å². The van der Waals surface area contributed by atoms with E-state index in [0.717, 1.165) is 0 Å². The van der Waals surface area contributed by atoms with E-state index in [1.54, 1.807) is 43.4 Å². The number of nitrogens with one attached hydrogen (secondary N) is 1. The van der Waals surface area contributed by atoms with Gasteiger partial charge in [-0.3, -0.25) is 9.59 Å². The lowest BCUT2D eigenvalue weighted by atomic mass is 10.1. The van der Waals surface area contributed by atoms with Crippen LogP contribution in [0.15, 0.2) is 36.4 Å². The molecule has 0 radical (unpaired) electrons. The molecule has 0 unspecified atom stereocenters. The van der Waals surface area contributed by atoms with Gasteiger partial charge >= 0.3 is 0 Å². The molecule has 0 aromatic heterocycles. The number of amides is 2. The number of benzene rings is 2. The van der Waals surface area contributed by atoms with Gasteiger partial charge in [-0.25, -0.2) is 0 Å². The number of para-hydroxylation sites is 1. The van der Waals surface area contributed by atoms with Gasteiger partial charge in [0.1, 0.15) is 5.75 Å². The fourth-order valence-corrected chi connectivity index (χ4v) is 2.62. The summed E-state index contributed by atoms with van der Waals surface area (Å²) < 4.78 is 10.7. The number of methoxy groups -OCH3 is 1. The molecule has 0 atom stereocenters. The predicted octanol–water partition coefficient (Wildman–Crippen LogP) is 2.96. The molecule has 0 bridgehead atoms. The number of hydrogen-bond acceptors (Lipinski definition) is 4. The molecule has 0 spiro atoms. The summed E-state index contributed by atoms with van der Waals surface area (Å²) in [4.78, 5) is 25.8. The first-order valence-corrected chi connectivity index (χ1v) is 7.56. The molecule has 7 heteroatoms. The van der Waals surface area contributed by atoms with Gasteiger partial charge in [0.2, 0.25) is 0 Å². The minimum Gasteiger partial charge on any atom is -0.495 e. The van der Waals surface area contributed by atoms with Gasteiger partial charge < -0.3 is 19.7 Å². The van der Waals surface area contributed by atoms with Crippen molar-refractivity contribution in [2.45, 2.75) is 0 Å². The highest BCUT2D eigenvalue weighted by Gasteiger charge is 2.27. The third-order valence-corrected chi connectivity index (χ3v) is 3.96. The van der Waals surface area contributed by atoms with Crippen molar-refractivity contribution in [1.29, 1.82) is 0 Å².